The van der Waals surface area contributed by atoms with Gasteiger partial charge >= 0.3 is 6.18 Å². The molecule has 0 atom stereocenters. The Kier molecular flexibility index (Phi) is 6.01. The van der Waals surface area contributed by atoms with E-state index in [1.54, 1.807) is 6.07 Å². The van der Waals surface area contributed by atoms with Gasteiger partial charge in [-0.2, -0.15) is 13.2 Å². The monoisotopic (exact) mass is 456 g/mol. The average Bonchev–Trinajstić information content (AvgIpc) is 2.78. The Bertz CT molecular complexity index is 1230. The summed E-state index contributed by atoms with van der Waals surface area (Å²) in [6.07, 6.45) is -3.89. The Labute approximate surface area is 186 Å². The standard InChI is InChI=1S/C24H16ClF3N2O2/c25-17-8-6-16(7-9-17)21-22(29-14-30-23(21)24(26,27)28)19-11-10-18(12-20(19)31)32-13-15-4-2-1-3-5-15/h1-12,14,31H,13H2. The van der Waals surface area contributed by atoms with Gasteiger partial charge < -0.3 is 9.84 Å². The van der Waals surface area contributed by atoms with Crippen molar-refractivity contribution in [3.8, 4) is 33.9 Å². The first-order valence-corrected chi connectivity index (χ1v) is 9.89. The molecule has 0 unspecified atom stereocenters. The summed E-state index contributed by atoms with van der Waals surface area (Å²) in [6.45, 7) is 0.279. The first kappa shape index (κ1) is 21.6. The van der Waals surface area contributed by atoms with E-state index in [4.69, 9.17) is 16.3 Å². The summed E-state index contributed by atoms with van der Waals surface area (Å²) in [5, 5.41) is 11.0. The molecule has 0 saturated heterocycles. The number of benzene rings is 3. The van der Waals surface area contributed by atoms with Gasteiger partial charge in [0.15, 0.2) is 5.69 Å². The van der Waals surface area contributed by atoms with Crippen molar-refractivity contribution in [3.05, 3.63) is 95.4 Å². The van der Waals surface area contributed by atoms with Gasteiger partial charge in [0.05, 0.1) is 5.69 Å². The molecule has 8 heteroatoms. The topological polar surface area (TPSA) is 55.2 Å². The Morgan fingerprint density at radius 3 is 2.28 bits per heavy atom. The average molecular weight is 457 g/mol. The molecule has 0 aliphatic heterocycles. The summed E-state index contributed by atoms with van der Waals surface area (Å²) in [5.74, 6) is 0.103. The van der Waals surface area contributed by atoms with E-state index >= 15 is 0 Å². The summed E-state index contributed by atoms with van der Waals surface area (Å²) in [6, 6.07) is 19.7. The number of aromatic hydroxyl groups is 1. The van der Waals surface area contributed by atoms with Crippen LogP contribution in [0.15, 0.2) is 79.1 Å². The van der Waals surface area contributed by atoms with E-state index in [1.165, 1.54) is 36.4 Å². The zero-order valence-corrected chi connectivity index (χ0v) is 17.2. The number of nitrogens with zero attached hydrogens (tertiary/aromatic N) is 2. The Balaban J connectivity index is 1.75. The summed E-state index contributed by atoms with van der Waals surface area (Å²) in [4.78, 5) is 7.53. The maximum absolute atomic E-state index is 13.7. The van der Waals surface area contributed by atoms with Crippen molar-refractivity contribution in [2.75, 3.05) is 0 Å². The van der Waals surface area contributed by atoms with Crippen LogP contribution in [-0.4, -0.2) is 15.1 Å². The predicted molar refractivity (Wildman–Crippen MR) is 115 cm³/mol. The van der Waals surface area contributed by atoms with E-state index in [9.17, 15) is 18.3 Å². The zero-order valence-electron chi connectivity index (χ0n) is 16.5. The van der Waals surface area contributed by atoms with Crippen LogP contribution in [0.4, 0.5) is 13.2 Å². The fraction of sp³-hybridized carbons (Fsp3) is 0.0833. The van der Waals surface area contributed by atoms with Crippen LogP contribution in [0.25, 0.3) is 22.4 Å². The number of alkyl halides is 3. The molecule has 4 aromatic rings. The largest absolute Gasteiger partial charge is 0.507 e. The van der Waals surface area contributed by atoms with E-state index < -0.39 is 11.9 Å². The number of phenolic OH excluding ortho intramolecular Hbond substituents is 1. The number of ether oxygens (including phenoxy) is 1. The normalized spacial score (nSPS) is 11.4. The van der Waals surface area contributed by atoms with E-state index in [-0.39, 0.29) is 34.7 Å². The van der Waals surface area contributed by atoms with Crippen LogP contribution in [-0.2, 0) is 12.8 Å². The molecule has 162 valence electrons. The molecule has 0 amide bonds. The number of phenols is 1. The van der Waals surface area contributed by atoms with Gasteiger partial charge in [0.25, 0.3) is 0 Å². The minimum Gasteiger partial charge on any atom is -0.507 e. The highest BCUT2D eigenvalue weighted by molar-refractivity contribution is 6.30. The Hall–Kier alpha value is -3.58. The highest BCUT2D eigenvalue weighted by Gasteiger charge is 2.37. The SMILES string of the molecule is Oc1cc(OCc2ccccc2)ccc1-c1ncnc(C(F)(F)F)c1-c1ccc(Cl)cc1. The molecule has 1 aromatic heterocycles. The smallest absolute Gasteiger partial charge is 0.434 e. The number of hydrogen-bond acceptors (Lipinski definition) is 4. The zero-order chi connectivity index (χ0) is 22.7. The highest BCUT2D eigenvalue weighted by Crippen LogP contribution is 2.43. The lowest BCUT2D eigenvalue weighted by molar-refractivity contribution is -0.140. The number of halogens is 4. The third-order valence-electron chi connectivity index (χ3n) is 4.72. The first-order chi connectivity index (χ1) is 15.3. The fourth-order valence-corrected chi connectivity index (χ4v) is 3.36. The number of rotatable bonds is 5. The molecule has 3 aromatic carbocycles. The molecule has 1 N–H and O–H groups in total. The van der Waals surface area contributed by atoms with Gasteiger partial charge in [-0.15, -0.1) is 0 Å². The summed E-state index contributed by atoms with van der Waals surface area (Å²) < 4.78 is 46.9. The van der Waals surface area contributed by atoms with Crippen LogP contribution in [0.5, 0.6) is 11.5 Å². The minimum atomic E-state index is -4.72. The van der Waals surface area contributed by atoms with Crippen molar-refractivity contribution in [2.24, 2.45) is 0 Å². The van der Waals surface area contributed by atoms with Gasteiger partial charge in [-0.25, -0.2) is 9.97 Å². The van der Waals surface area contributed by atoms with Crippen LogP contribution < -0.4 is 4.74 Å². The van der Waals surface area contributed by atoms with Gasteiger partial charge in [0, 0.05) is 22.2 Å². The van der Waals surface area contributed by atoms with Crippen molar-refractivity contribution in [1.29, 1.82) is 0 Å². The molecule has 32 heavy (non-hydrogen) atoms. The van der Waals surface area contributed by atoms with Gasteiger partial charge in [-0.05, 0) is 35.4 Å². The maximum Gasteiger partial charge on any atom is 0.434 e. The molecular weight excluding hydrogens is 441 g/mol. The lowest BCUT2D eigenvalue weighted by atomic mass is 9.96. The van der Waals surface area contributed by atoms with Crippen molar-refractivity contribution in [1.82, 2.24) is 9.97 Å². The summed E-state index contributed by atoms with van der Waals surface area (Å²) in [7, 11) is 0. The molecule has 0 radical (unpaired) electrons. The lowest BCUT2D eigenvalue weighted by Gasteiger charge is -2.16. The third kappa shape index (κ3) is 4.68. The second-order valence-electron chi connectivity index (χ2n) is 6.90. The Morgan fingerprint density at radius 1 is 0.906 bits per heavy atom. The minimum absolute atomic E-state index is 0.0539. The third-order valence-corrected chi connectivity index (χ3v) is 4.97. The lowest BCUT2D eigenvalue weighted by Crippen LogP contribution is -2.12. The molecule has 0 saturated carbocycles. The summed E-state index contributed by atoms with van der Waals surface area (Å²) >= 11 is 5.89. The van der Waals surface area contributed by atoms with Crippen LogP contribution >= 0.6 is 11.6 Å². The van der Waals surface area contributed by atoms with Crippen molar-refractivity contribution in [2.45, 2.75) is 12.8 Å². The molecule has 1 heterocycles. The van der Waals surface area contributed by atoms with Crippen molar-refractivity contribution < 1.29 is 23.0 Å². The summed E-state index contributed by atoms with van der Waals surface area (Å²) in [5.41, 5.74) is -0.122. The van der Waals surface area contributed by atoms with Crippen molar-refractivity contribution in [3.63, 3.8) is 0 Å². The van der Waals surface area contributed by atoms with Gasteiger partial charge in [0.2, 0.25) is 0 Å². The van der Waals surface area contributed by atoms with Crippen LogP contribution in [0.1, 0.15) is 11.3 Å². The quantitative estimate of drug-likeness (QED) is 0.360. The van der Waals surface area contributed by atoms with Crippen LogP contribution in [0.2, 0.25) is 5.02 Å². The highest BCUT2D eigenvalue weighted by atomic mass is 35.5. The molecule has 4 rings (SSSR count). The van der Waals surface area contributed by atoms with E-state index in [0.29, 0.717) is 10.8 Å². The van der Waals surface area contributed by atoms with Crippen LogP contribution in [0, 0.1) is 0 Å². The maximum atomic E-state index is 13.7. The molecule has 0 fully saturated rings. The predicted octanol–water partition coefficient (Wildman–Crippen LogP) is 6.77. The molecular formula is C24H16ClF3N2O2. The van der Waals surface area contributed by atoms with Gasteiger partial charge in [-0.1, -0.05) is 54.1 Å². The number of hydrogen-bond donors (Lipinski definition) is 1. The Morgan fingerprint density at radius 2 is 1.62 bits per heavy atom. The van der Waals surface area contributed by atoms with Gasteiger partial charge in [-0.3, -0.25) is 0 Å². The second kappa shape index (κ2) is 8.88. The molecule has 4 nitrogen and oxygen atoms in total. The molecule has 0 aliphatic carbocycles. The van der Waals surface area contributed by atoms with E-state index in [0.717, 1.165) is 11.9 Å². The van der Waals surface area contributed by atoms with E-state index in [2.05, 4.69) is 9.97 Å². The second-order valence-corrected chi connectivity index (χ2v) is 7.34. The fourth-order valence-electron chi connectivity index (χ4n) is 3.24. The van der Waals surface area contributed by atoms with Crippen molar-refractivity contribution >= 4 is 11.6 Å². The first-order valence-electron chi connectivity index (χ1n) is 9.51. The molecule has 0 spiro atoms. The van der Waals surface area contributed by atoms with Crippen LogP contribution in [0.3, 0.4) is 0 Å². The molecule has 0 bridgehead atoms. The molecule has 0 aliphatic rings. The van der Waals surface area contributed by atoms with Gasteiger partial charge in [0.1, 0.15) is 24.4 Å². The number of aromatic nitrogens is 2. The van der Waals surface area contributed by atoms with E-state index in [1.807, 2.05) is 30.3 Å².